The number of amides is 2. The summed E-state index contributed by atoms with van der Waals surface area (Å²) >= 11 is 0. The van der Waals surface area contributed by atoms with Crippen LogP contribution >= 0.6 is 0 Å². The van der Waals surface area contributed by atoms with Crippen molar-refractivity contribution in [3.05, 3.63) is 53.8 Å². The third-order valence-corrected chi connectivity index (χ3v) is 6.22. The minimum atomic E-state index is -0.392. The number of rotatable bonds is 7. The zero-order chi connectivity index (χ0) is 23.4. The molecule has 1 saturated carbocycles. The third kappa shape index (κ3) is 5.32. The zero-order valence-corrected chi connectivity index (χ0v) is 18.6. The molecule has 2 aromatic carbocycles. The molecule has 8 heteroatoms. The van der Waals surface area contributed by atoms with E-state index in [-0.39, 0.29) is 43.4 Å². The van der Waals surface area contributed by atoms with Gasteiger partial charge >= 0.3 is 0 Å². The van der Waals surface area contributed by atoms with Crippen LogP contribution in [0, 0.1) is 5.82 Å². The van der Waals surface area contributed by atoms with E-state index >= 15 is 0 Å². The molecule has 174 valence electrons. The first-order chi connectivity index (χ1) is 15.9. The van der Waals surface area contributed by atoms with Gasteiger partial charge in [-0.05, 0) is 55.3 Å². The Kier molecular flexibility index (Phi) is 6.91. The molecule has 0 atom stereocenters. The maximum atomic E-state index is 13.0. The van der Waals surface area contributed by atoms with Gasteiger partial charge in [0.25, 0.3) is 5.91 Å². The Morgan fingerprint density at radius 3 is 2.58 bits per heavy atom. The highest BCUT2D eigenvalue weighted by Crippen LogP contribution is 2.33. The van der Waals surface area contributed by atoms with Crippen molar-refractivity contribution < 1.29 is 28.2 Å². The number of hydrogen-bond acceptors (Lipinski definition) is 5. The first-order valence-electron chi connectivity index (χ1n) is 11.2. The number of anilines is 1. The SMILES string of the molecule is CN(C(=O)CN1C(=O)COc2ccc(C(=O)COc3ccc(F)cc3)cc21)C1CCCCC1. The normalized spacial score (nSPS) is 16.1. The van der Waals surface area contributed by atoms with Crippen molar-refractivity contribution in [1.29, 1.82) is 0 Å². The summed E-state index contributed by atoms with van der Waals surface area (Å²) in [6, 6.07) is 10.3. The van der Waals surface area contributed by atoms with E-state index in [1.165, 1.54) is 35.6 Å². The third-order valence-electron chi connectivity index (χ3n) is 6.22. The molecule has 1 fully saturated rings. The maximum absolute atomic E-state index is 13.0. The molecule has 1 heterocycles. The quantitative estimate of drug-likeness (QED) is 0.598. The van der Waals surface area contributed by atoms with Crippen LogP contribution < -0.4 is 14.4 Å². The van der Waals surface area contributed by atoms with Gasteiger partial charge in [0.05, 0.1) is 5.69 Å². The summed E-state index contributed by atoms with van der Waals surface area (Å²) in [6.07, 6.45) is 5.35. The predicted octanol–water partition coefficient (Wildman–Crippen LogP) is 3.60. The summed E-state index contributed by atoms with van der Waals surface area (Å²) in [7, 11) is 1.79. The Morgan fingerprint density at radius 1 is 1.12 bits per heavy atom. The van der Waals surface area contributed by atoms with Gasteiger partial charge in [-0.25, -0.2) is 4.39 Å². The smallest absolute Gasteiger partial charge is 0.265 e. The standard InChI is InChI=1S/C25H27FN2O5/c1-27(19-5-3-2-4-6-19)24(30)14-28-21-13-17(7-12-23(21)33-16-25(28)31)22(29)15-32-20-10-8-18(26)9-11-20/h7-13,19H,2-6,14-16H2,1H3. The van der Waals surface area contributed by atoms with Crippen LogP contribution in [0.2, 0.25) is 0 Å². The monoisotopic (exact) mass is 454 g/mol. The van der Waals surface area contributed by atoms with Crippen LogP contribution in [-0.2, 0) is 9.59 Å². The number of hydrogen-bond donors (Lipinski definition) is 0. The van der Waals surface area contributed by atoms with Gasteiger partial charge in [0, 0.05) is 18.7 Å². The number of halogens is 1. The lowest BCUT2D eigenvalue weighted by Gasteiger charge is -2.34. The van der Waals surface area contributed by atoms with Crippen molar-refractivity contribution in [2.75, 3.05) is 31.7 Å². The van der Waals surface area contributed by atoms with Crippen LogP contribution in [-0.4, -0.2) is 55.3 Å². The molecular weight excluding hydrogens is 427 g/mol. The van der Waals surface area contributed by atoms with E-state index in [9.17, 15) is 18.8 Å². The van der Waals surface area contributed by atoms with Gasteiger partial charge in [0.2, 0.25) is 5.91 Å². The van der Waals surface area contributed by atoms with E-state index in [1.54, 1.807) is 30.1 Å². The minimum Gasteiger partial charge on any atom is -0.485 e. The number of carbonyl (C=O) groups excluding carboxylic acids is 3. The number of ketones is 1. The average molecular weight is 454 g/mol. The summed E-state index contributed by atoms with van der Waals surface area (Å²) in [5.41, 5.74) is 0.719. The van der Waals surface area contributed by atoms with Gasteiger partial charge in [0.15, 0.2) is 19.0 Å². The summed E-state index contributed by atoms with van der Waals surface area (Å²) < 4.78 is 24.0. The van der Waals surface area contributed by atoms with Gasteiger partial charge in [0.1, 0.15) is 23.9 Å². The summed E-state index contributed by atoms with van der Waals surface area (Å²) in [5, 5.41) is 0. The van der Waals surface area contributed by atoms with Crippen LogP contribution in [0.5, 0.6) is 11.5 Å². The lowest BCUT2D eigenvalue weighted by molar-refractivity contribution is -0.133. The molecule has 0 radical (unpaired) electrons. The topological polar surface area (TPSA) is 76.2 Å². The van der Waals surface area contributed by atoms with E-state index in [4.69, 9.17) is 9.47 Å². The second-order valence-electron chi connectivity index (χ2n) is 8.41. The van der Waals surface area contributed by atoms with Crippen molar-refractivity contribution in [3.63, 3.8) is 0 Å². The zero-order valence-electron chi connectivity index (χ0n) is 18.6. The Balaban J connectivity index is 1.47. The number of likely N-dealkylation sites (N-methyl/N-ethyl adjacent to an activating group) is 1. The lowest BCUT2D eigenvalue weighted by atomic mass is 9.94. The van der Waals surface area contributed by atoms with E-state index < -0.39 is 5.82 Å². The van der Waals surface area contributed by atoms with Crippen LogP contribution in [0.3, 0.4) is 0 Å². The molecule has 2 amide bonds. The van der Waals surface area contributed by atoms with E-state index in [2.05, 4.69) is 0 Å². The number of nitrogens with zero attached hydrogens (tertiary/aromatic N) is 2. The fourth-order valence-electron chi connectivity index (χ4n) is 4.23. The highest BCUT2D eigenvalue weighted by atomic mass is 19.1. The van der Waals surface area contributed by atoms with E-state index in [0.717, 1.165) is 25.7 Å². The molecule has 1 aliphatic carbocycles. The second-order valence-corrected chi connectivity index (χ2v) is 8.41. The van der Waals surface area contributed by atoms with Crippen molar-refractivity contribution >= 4 is 23.3 Å². The summed E-state index contributed by atoms with van der Waals surface area (Å²) in [6.45, 7) is -0.511. The van der Waals surface area contributed by atoms with Gasteiger partial charge in [-0.2, -0.15) is 0 Å². The molecule has 1 aliphatic heterocycles. The van der Waals surface area contributed by atoms with Crippen molar-refractivity contribution in [3.8, 4) is 11.5 Å². The number of benzene rings is 2. The molecule has 2 aromatic rings. The second kappa shape index (κ2) is 10.0. The highest BCUT2D eigenvalue weighted by molar-refractivity contribution is 6.04. The Bertz CT molecular complexity index is 1030. The summed E-state index contributed by atoms with van der Waals surface area (Å²) in [5.74, 6) is -0.361. The Labute approximate surface area is 192 Å². The number of fused-ring (bicyclic) bond motifs is 1. The number of ether oxygens (including phenoxy) is 2. The van der Waals surface area contributed by atoms with Crippen LogP contribution in [0.1, 0.15) is 42.5 Å². The van der Waals surface area contributed by atoms with Gasteiger partial charge in [-0.3, -0.25) is 19.3 Å². The minimum absolute atomic E-state index is 0.105. The van der Waals surface area contributed by atoms with Gasteiger partial charge in [-0.1, -0.05) is 19.3 Å². The first-order valence-corrected chi connectivity index (χ1v) is 11.2. The molecule has 0 N–H and O–H groups in total. The van der Waals surface area contributed by atoms with Gasteiger partial charge in [-0.15, -0.1) is 0 Å². The van der Waals surface area contributed by atoms with Crippen molar-refractivity contribution in [2.45, 2.75) is 38.1 Å². The molecule has 0 unspecified atom stereocenters. The molecular formula is C25H27FN2O5. The molecule has 0 saturated heterocycles. The molecule has 4 rings (SSSR count). The fraction of sp³-hybridized carbons (Fsp3) is 0.400. The molecule has 7 nitrogen and oxygen atoms in total. The molecule has 2 aliphatic rings. The average Bonchev–Trinajstić information content (AvgIpc) is 2.85. The highest BCUT2D eigenvalue weighted by Gasteiger charge is 2.31. The van der Waals surface area contributed by atoms with Crippen molar-refractivity contribution in [2.24, 2.45) is 0 Å². The van der Waals surface area contributed by atoms with Crippen LogP contribution in [0.25, 0.3) is 0 Å². The number of Topliss-reactive ketones (excluding diaryl/α,β-unsaturated/α-hetero) is 1. The number of carbonyl (C=O) groups is 3. The van der Waals surface area contributed by atoms with Crippen molar-refractivity contribution in [1.82, 2.24) is 4.90 Å². The predicted molar refractivity (Wildman–Crippen MR) is 120 cm³/mol. The fourth-order valence-corrected chi connectivity index (χ4v) is 4.23. The van der Waals surface area contributed by atoms with Gasteiger partial charge < -0.3 is 14.4 Å². The van der Waals surface area contributed by atoms with E-state index in [1.807, 2.05) is 0 Å². The maximum Gasteiger partial charge on any atom is 0.265 e. The Hall–Kier alpha value is -3.42. The largest absolute Gasteiger partial charge is 0.485 e. The Morgan fingerprint density at radius 2 is 1.85 bits per heavy atom. The molecule has 33 heavy (non-hydrogen) atoms. The molecule has 0 spiro atoms. The van der Waals surface area contributed by atoms with E-state index in [0.29, 0.717) is 22.7 Å². The van der Waals surface area contributed by atoms with Crippen LogP contribution in [0.4, 0.5) is 10.1 Å². The molecule has 0 bridgehead atoms. The molecule has 0 aromatic heterocycles. The summed E-state index contributed by atoms with van der Waals surface area (Å²) in [4.78, 5) is 41.4. The first kappa shape index (κ1) is 22.8. The lowest BCUT2D eigenvalue weighted by Crippen LogP contribution is -2.48. The van der Waals surface area contributed by atoms with Crippen LogP contribution in [0.15, 0.2) is 42.5 Å².